The Morgan fingerprint density at radius 3 is 2.70 bits per heavy atom. The molecule has 3 N–H and O–H groups in total. The molecule has 1 aromatic heterocycles. The zero-order chi connectivity index (χ0) is 14.8. The second-order valence-corrected chi connectivity index (χ2v) is 5.55. The molecule has 1 amide bonds. The van der Waals surface area contributed by atoms with Crippen molar-refractivity contribution in [2.24, 2.45) is 0 Å². The summed E-state index contributed by atoms with van der Waals surface area (Å²) in [5, 5.41) is 8.03. The molecule has 0 aliphatic carbocycles. The summed E-state index contributed by atoms with van der Waals surface area (Å²) in [6.45, 7) is 1.29. The van der Waals surface area contributed by atoms with Crippen molar-refractivity contribution in [2.75, 3.05) is 10.0 Å². The van der Waals surface area contributed by atoms with E-state index in [1.54, 1.807) is 0 Å². The van der Waals surface area contributed by atoms with Gasteiger partial charge in [-0.15, -0.1) is 0 Å². The second kappa shape index (κ2) is 5.29. The van der Waals surface area contributed by atoms with Crippen LogP contribution in [0, 0.1) is 5.82 Å². The third kappa shape index (κ3) is 3.12. The highest BCUT2D eigenvalue weighted by Crippen LogP contribution is 2.22. The SMILES string of the molecule is CC(=O)Nc1ccc(F)c(NS(=O)(=O)c2ccn[nH]2)c1. The van der Waals surface area contributed by atoms with E-state index in [1.165, 1.54) is 31.3 Å². The number of carbonyl (C=O) groups is 1. The van der Waals surface area contributed by atoms with E-state index >= 15 is 0 Å². The van der Waals surface area contributed by atoms with Gasteiger partial charge in [-0.3, -0.25) is 14.6 Å². The number of nitrogens with zero attached hydrogens (tertiary/aromatic N) is 1. The number of aromatic amines is 1. The van der Waals surface area contributed by atoms with Crippen LogP contribution in [-0.4, -0.2) is 24.5 Å². The lowest BCUT2D eigenvalue weighted by atomic mass is 10.2. The van der Waals surface area contributed by atoms with Crippen molar-refractivity contribution in [1.82, 2.24) is 10.2 Å². The van der Waals surface area contributed by atoms with Crippen molar-refractivity contribution < 1.29 is 17.6 Å². The van der Waals surface area contributed by atoms with Crippen molar-refractivity contribution in [1.29, 1.82) is 0 Å². The lowest BCUT2D eigenvalue weighted by Crippen LogP contribution is -2.15. The summed E-state index contributed by atoms with van der Waals surface area (Å²) >= 11 is 0. The van der Waals surface area contributed by atoms with Crippen molar-refractivity contribution in [3.05, 3.63) is 36.3 Å². The molecule has 20 heavy (non-hydrogen) atoms. The van der Waals surface area contributed by atoms with E-state index in [1.807, 2.05) is 0 Å². The molecule has 0 aliphatic heterocycles. The van der Waals surface area contributed by atoms with Crippen LogP contribution in [0.1, 0.15) is 6.92 Å². The molecule has 7 nitrogen and oxygen atoms in total. The van der Waals surface area contributed by atoms with Crippen LogP contribution in [0.5, 0.6) is 0 Å². The first-order valence-electron chi connectivity index (χ1n) is 5.48. The van der Waals surface area contributed by atoms with Gasteiger partial charge >= 0.3 is 0 Å². The first-order valence-corrected chi connectivity index (χ1v) is 6.96. The van der Waals surface area contributed by atoms with E-state index in [4.69, 9.17) is 0 Å². The average molecular weight is 298 g/mol. The Hall–Kier alpha value is -2.42. The number of carbonyl (C=O) groups excluding carboxylic acids is 1. The predicted molar refractivity (Wildman–Crippen MR) is 70.1 cm³/mol. The van der Waals surface area contributed by atoms with E-state index in [-0.39, 0.29) is 22.3 Å². The van der Waals surface area contributed by atoms with Gasteiger partial charge in [-0.1, -0.05) is 0 Å². The van der Waals surface area contributed by atoms with E-state index in [0.29, 0.717) is 0 Å². The Bertz CT molecular complexity index is 728. The molecule has 0 bridgehead atoms. The number of hydrogen-bond acceptors (Lipinski definition) is 4. The molecule has 2 aromatic rings. The number of aromatic nitrogens is 2. The summed E-state index contributed by atoms with van der Waals surface area (Å²) in [5.41, 5.74) is 0.00654. The number of nitrogens with one attached hydrogen (secondary N) is 3. The number of amides is 1. The fourth-order valence-electron chi connectivity index (χ4n) is 1.48. The molecule has 2 rings (SSSR count). The maximum Gasteiger partial charge on any atom is 0.278 e. The van der Waals surface area contributed by atoms with Crippen molar-refractivity contribution in [3.8, 4) is 0 Å². The van der Waals surface area contributed by atoms with E-state index < -0.39 is 15.8 Å². The average Bonchev–Trinajstić information content (AvgIpc) is 2.87. The quantitative estimate of drug-likeness (QED) is 0.791. The molecule has 0 fully saturated rings. The Morgan fingerprint density at radius 2 is 2.10 bits per heavy atom. The zero-order valence-corrected chi connectivity index (χ0v) is 11.2. The van der Waals surface area contributed by atoms with Crippen LogP contribution in [-0.2, 0) is 14.8 Å². The Balaban J connectivity index is 2.31. The van der Waals surface area contributed by atoms with Gasteiger partial charge in [0, 0.05) is 12.6 Å². The highest BCUT2D eigenvalue weighted by Gasteiger charge is 2.17. The molecule has 106 valence electrons. The zero-order valence-electron chi connectivity index (χ0n) is 10.3. The number of H-pyrrole nitrogens is 1. The highest BCUT2D eigenvalue weighted by molar-refractivity contribution is 7.92. The van der Waals surface area contributed by atoms with Crippen LogP contribution in [0.4, 0.5) is 15.8 Å². The molecule has 0 atom stereocenters. The summed E-state index contributed by atoms with van der Waals surface area (Å²) in [4.78, 5) is 10.9. The minimum absolute atomic E-state index is 0.193. The molecule has 9 heteroatoms. The van der Waals surface area contributed by atoms with Gasteiger partial charge in [0.25, 0.3) is 10.0 Å². The van der Waals surface area contributed by atoms with Crippen LogP contribution < -0.4 is 10.0 Å². The Labute approximate surface area is 114 Å². The minimum Gasteiger partial charge on any atom is -0.326 e. The summed E-state index contributed by atoms with van der Waals surface area (Å²) in [7, 11) is -3.96. The fourth-order valence-corrected chi connectivity index (χ4v) is 2.45. The molecule has 0 saturated heterocycles. The Kier molecular flexibility index (Phi) is 3.70. The van der Waals surface area contributed by atoms with Crippen molar-refractivity contribution in [3.63, 3.8) is 0 Å². The van der Waals surface area contributed by atoms with Gasteiger partial charge in [0.1, 0.15) is 5.82 Å². The standard InChI is InChI=1S/C11H11FN4O3S/c1-7(17)14-8-2-3-9(12)10(6-8)16-20(18,19)11-4-5-13-15-11/h2-6,16H,1H3,(H,13,15)(H,14,17). The number of hydrogen-bond donors (Lipinski definition) is 3. The van der Waals surface area contributed by atoms with Gasteiger partial charge in [-0.2, -0.15) is 13.5 Å². The largest absolute Gasteiger partial charge is 0.326 e. The van der Waals surface area contributed by atoms with E-state index in [9.17, 15) is 17.6 Å². The van der Waals surface area contributed by atoms with Gasteiger partial charge in [0.15, 0.2) is 5.03 Å². The fraction of sp³-hybridized carbons (Fsp3) is 0.0909. The van der Waals surface area contributed by atoms with E-state index in [0.717, 1.165) is 6.07 Å². The smallest absolute Gasteiger partial charge is 0.278 e. The summed E-state index contributed by atoms with van der Waals surface area (Å²) in [6.07, 6.45) is 1.26. The molecule has 0 saturated carbocycles. The maximum absolute atomic E-state index is 13.6. The molecule has 1 heterocycles. The molecule has 0 spiro atoms. The van der Waals surface area contributed by atoms with Gasteiger partial charge in [0.05, 0.1) is 11.9 Å². The third-order valence-corrected chi connectivity index (χ3v) is 3.59. The number of benzene rings is 1. The van der Waals surface area contributed by atoms with Crippen LogP contribution in [0.25, 0.3) is 0 Å². The first kappa shape index (κ1) is 14.0. The van der Waals surface area contributed by atoms with Crippen molar-refractivity contribution >= 4 is 27.3 Å². The lowest BCUT2D eigenvalue weighted by Gasteiger charge is -2.09. The monoisotopic (exact) mass is 298 g/mol. The number of sulfonamides is 1. The number of halogens is 1. The summed E-state index contributed by atoms with van der Waals surface area (Å²) in [5.74, 6) is -1.11. The minimum atomic E-state index is -3.96. The molecular formula is C11H11FN4O3S. The van der Waals surface area contributed by atoms with Gasteiger partial charge < -0.3 is 5.32 Å². The van der Waals surface area contributed by atoms with Crippen LogP contribution in [0.15, 0.2) is 35.5 Å². The predicted octanol–water partition coefficient (Wildman–Crippen LogP) is 1.31. The van der Waals surface area contributed by atoms with Crippen molar-refractivity contribution in [2.45, 2.75) is 11.9 Å². The third-order valence-electron chi connectivity index (χ3n) is 2.30. The van der Waals surface area contributed by atoms with Gasteiger partial charge in [0.2, 0.25) is 5.91 Å². The van der Waals surface area contributed by atoms with Gasteiger partial charge in [-0.05, 0) is 24.3 Å². The molecule has 0 radical (unpaired) electrons. The molecule has 1 aromatic carbocycles. The maximum atomic E-state index is 13.6. The van der Waals surface area contributed by atoms with Crippen LogP contribution in [0.2, 0.25) is 0 Å². The normalized spacial score (nSPS) is 11.1. The lowest BCUT2D eigenvalue weighted by molar-refractivity contribution is -0.114. The summed E-state index contributed by atoms with van der Waals surface area (Å²) in [6, 6.07) is 4.80. The molecule has 0 aliphatic rings. The molecule has 0 unspecified atom stereocenters. The van der Waals surface area contributed by atoms with Crippen LogP contribution in [0.3, 0.4) is 0 Å². The highest BCUT2D eigenvalue weighted by atomic mass is 32.2. The Morgan fingerprint density at radius 1 is 1.35 bits per heavy atom. The van der Waals surface area contributed by atoms with E-state index in [2.05, 4.69) is 20.2 Å². The topological polar surface area (TPSA) is 104 Å². The van der Waals surface area contributed by atoms with Gasteiger partial charge in [-0.25, -0.2) is 4.39 Å². The second-order valence-electron chi connectivity index (χ2n) is 3.90. The molecular weight excluding hydrogens is 287 g/mol. The number of anilines is 2. The number of rotatable bonds is 4. The van der Waals surface area contributed by atoms with Crippen LogP contribution >= 0.6 is 0 Å². The summed E-state index contributed by atoms with van der Waals surface area (Å²) < 4.78 is 39.5. The first-order chi connectivity index (χ1) is 9.38.